The van der Waals surface area contributed by atoms with Crippen LogP contribution < -0.4 is 4.90 Å². The molecule has 8 heteroatoms. The van der Waals surface area contributed by atoms with Crippen LogP contribution in [0.4, 0.5) is 18.9 Å². The number of benzene rings is 1. The molecule has 1 heterocycles. The molecule has 1 aromatic carbocycles. The summed E-state index contributed by atoms with van der Waals surface area (Å²) in [6.45, 7) is 1.98. The summed E-state index contributed by atoms with van der Waals surface area (Å²) < 4.78 is 62.4. The lowest BCUT2D eigenvalue weighted by Crippen LogP contribution is -2.36. The first-order valence-corrected chi connectivity index (χ1v) is 8.68. The van der Waals surface area contributed by atoms with Crippen molar-refractivity contribution >= 4 is 15.5 Å². The third-order valence-corrected chi connectivity index (χ3v) is 4.77. The number of hydrogen-bond donors (Lipinski definition) is 0. The Bertz CT molecular complexity index is 736. The topological polar surface area (TPSA) is 61.2 Å². The molecule has 1 aliphatic rings. The van der Waals surface area contributed by atoms with Crippen LogP contribution in [-0.4, -0.2) is 33.0 Å². The fourth-order valence-electron chi connectivity index (χ4n) is 2.91. The molecule has 0 aliphatic carbocycles. The minimum atomic E-state index is -4.60. The molecule has 0 spiro atoms. The molecule has 1 aromatic rings. The van der Waals surface area contributed by atoms with Gasteiger partial charge >= 0.3 is 6.18 Å². The lowest BCUT2D eigenvalue weighted by molar-refractivity contribution is -0.138. The van der Waals surface area contributed by atoms with Crippen molar-refractivity contribution in [3.63, 3.8) is 0 Å². The molecule has 4 nitrogen and oxygen atoms in total. The van der Waals surface area contributed by atoms with Gasteiger partial charge in [0.1, 0.15) is 9.84 Å². The molecule has 2 rings (SSSR count). The van der Waals surface area contributed by atoms with Gasteiger partial charge in [0.15, 0.2) is 0 Å². The first kappa shape index (κ1) is 16.6. The van der Waals surface area contributed by atoms with E-state index < -0.39 is 33.2 Å². The Kier molecular flexibility index (Phi) is 4.13. The highest BCUT2D eigenvalue weighted by atomic mass is 32.2. The van der Waals surface area contributed by atoms with E-state index in [0.29, 0.717) is 12.2 Å². The quantitative estimate of drug-likeness (QED) is 0.853. The van der Waals surface area contributed by atoms with Gasteiger partial charge in [0.05, 0.1) is 22.9 Å². The summed E-state index contributed by atoms with van der Waals surface area (Å²) in [5, 5.41) is 8.90. The summed E-state index contributed by atoms with van der Waals surface area (Å²) in [7, 11) is -3.23. The van der Waals surface area contributed by atoms with Gasteiger partial charge in [0, 0.05) is 24.5 Å². The predicted octanol–water partition coefficient (Wildman–Crippen LogP) is 2.37. The Labute approximate surface area is 127 Å². The summed E-state index contributed by atoms with van der Waals surface area (Å²) >= 11 is 0. The first-order valence-electron chi connectivity index (χ1n) is 6.62. The Morgan fingerprint density at radius 3 is 2.55 bits per heavy atom. The van der Waals surface area contributed by atoms with Crippen molar-refractivity contribution in [3.05, 3.63) is 28.8 Å². The molecule has 0 radical (unpaired) electrons. The maximum Gasteiger partial charge on any atom is 0.418 e. The maximum atomic E-state index is 13.2. The lowest BCUT2D eigenvalue weighted by Gasteiger charge is -2.27. The van der Waals surface area contributed by atoms with Gasteiger partial charge in [-0.05, 0) is 31.0 Å². The van der Waals surface area contributed by atoms with Crippen LogP contribution in [0.2, 0.25) is 0 Å². The van der Waals surface area contributed by atoms with Crippen molar-refractivity contribution in [2.75, 3.05) is 23.5 Å². The average Bonchev–Trinajstić information content (AvgIpc) is 2.77. The van der Waals surface area contributed by atoms with Crippen LogP contribution in [0.3, 0.4) is 0 Å². The number of nitrogens with zero attached hydrogens (tertiary/aromatic N) is 2. The summed E-state index contributed by atoms with van der Waals surface area (Å²) in [6, 6.07) is 3.77. The number of anilines is 1. The summed E-state index contributed by atoms with van der Waals surface area (Å²) in [6.07, 6.45) is -3.36. The van der Waals surface area contributed by atoms with E-state index in [9.17, 15) is 21.6 Å². The molecule has 0 amide bonds. The maximum absolute atomic E-state index is 13.2. The van der Waals surface area contributed by atoms with Crippen LogP contribution in [0.25, 0.3) is 0 Å². The Hall–Kier alpha value is -1.75. The molecule has 120 valence electrons. The average molecular weight is 332 g/mol. The third kappa shape index (κ3) is 3.19. The highest BCUT2D eigenvalue weighted by molar-refractivity contribution is 7.90. The number of halogens is 3. The van der Waals surface area contributed by atoms with Gasteiger partial charge < -0.3 is 4.90 Å². The normalized spacial score (nSPS) is 16.3. The molecule has 22 heavy (non-hydrogen) atoms. The van der Waals surface area contributed by atoms with Crippen molar-refractivity contribution in [2.24, 2.45) is 0 Å². The second-order valence-corrected chi connectivity index (χ2v) is 7.67. The largest absolute Gasteiger partial charge is 0.418 e. The molecule has 1 atom stereocenters. The van der Waals surface area contributed by atoms with Gasteiger partial charge in [-0.3, -0.25) is 0 Å². The van der Waals surface area contributed by atoms with E-state index in [1.807, 2.05) is 0 Å². The molecule has 1 aliphatic heterocycles. The zero-order valence-electron chi connectivity index (χ0n) is 12.1. The number of fused-ring (bicyclic) bond motifs is 1. The molecule has 0 aromatic heterocycles. The summed E-state index contributed by atoms with van der Waals surface area (Å²) in [5.41, 5.74) is -0.861. The number of alkyl halides is 3. The summed E-state index contributed by atoms with van der Waals surface area (Å²) in [4.78, 5) is 1.66. The molecular weight excluding hydrogens is 317 g/mol. The third-order valence-electron chi connectivity index (χ3n) is 3.68. The Morgan fingerprint density at radius 1 is 1.41 bits per heavy atom. The number of sulfone groups is 1. The Balaban J connectivity index is 2.48. The van der Waals surface area contributed by atoms with Crippen LogP contribution in [0, 0.1) is 11.3 Å². The minimum Gasteiger partial charge on any atom is -0.367 e. The van der Waals surface area contributed by atoms with Gasteiger partial charge in [-0.25, -0.2) is 8.42 Å². The van der Waals surface area contributed by atoms with E-state index in [4.69, 9.17) is 5.26 Å². The van der Waals surface area contributed by atoms with E-state index in [2.05, 4.69) is 0 Å². The zero-order chi connectivity index (χ0) is 16.7. The van der Waals surface area contributed by atoms with Crippen molar-refractivity contribution in [3.8, 4) is 6.07 Å². The smallest absolute Gasteiger partial charge is 0.367 e. The second kappa shape index (κ2) is 5.47. The number of rotatable bonds is 3. The predicted molar refractivity (Wildman–Crippen MR) is 76.4 cm³/mol. The van der Waals surface area contributed by atoms with Gasteiger partial charge in [0.25, 0.3) is 0 Å². The van der Waals surface area contributed by atoms with Crippen molar-refractivity contribution < 1.29 is 21.6 Å². The molecule has 0 saturated carbocycles. The minimum absolute atomic E-state index is 0.0758. The second-order valence-electron chi connectivity index (χ2n) is 5.48. The van der Waals surface area contributed by atoms with E-state index in [1.54, 1.807) is 17.9 Å². The van der Waals surface area contributed by atoms with E-state index in [0.717, 1.165) is 12.3 Å². The van der Waals surface area contributed by atoms with Crippen LogP contribution in [0.15, 0.2) is 12.1 Å². The molecule has 0 fully saturated rings. The SMILES string of the molecule is CC(CS(C)(=O)=O)N1CCc2c1ccc(C#N)c2C(F)(F)F. The van der Waals surface area contributed by atoms with Gasteiger partial charge in [-0.1, -0.05) is 0 Å². The van der Waals surface area contributed by atoms with Gasteiger partial charge in [-0.2, -0.15) is 18.4 Å². The molecule has 0 N–H and O–H groups in total. The highest BCUT2D eigenvalue weighted by Crippen LogP contribution is 2.42. The monoisotopic (exact) mass is 332 g/mol. The highest BCUT2D eigenvalue weighted by Gasteiger charge is 2.40. The fourth-order valence-corrected chi connectivity index (χ4v) is 3.97. The van der Waals surface area contributed by atoms with Gasteiger partial charge in [-0.15, -0.1) is 0 Å². The van der Waals surface area contributed by atoms with Crippen LogP contribution in [0.5, 0.6) is 0 Å². The lowest BCUT2D eigenvalue weighted by atomic mass is 9.99. The van der Waals surface area contributed by atoms with Crippen LogP contribution in [0.1, 0.15) is 23.6 Å². The standard InChI is InChI=1S/C14H15F3N2O2S/c1-9(8-22(2,20)21)19-6-5-11-12(19)4-3-10(7-18)13(11)14(15,16)17/h3-4,9H,5-6,8H2,1-2H3. The van der Waals surface area contributed by atoms with Crippen LogP contribution >= 0.6 is 0 Å². The van der Waals surface area contributed by atoms with Crippen LogP contribution in [-0.2, 0) is 22.4 Å². The molecule has 1 unspecified atom stereocenters. The zero-order valence-corrected chi connectivity index (χ0v) is 12.9. The van der Waals surface area contributed by atoms with Crippen molar-refractivity contribution in [1.82, 2.24) is 0 Å². The number of hydrogen-bond acceptors (Lipinski definition) is 4. The first-order chi connectivity index (χ1) is 10.0. The number of nitriles is 1. The van der Waals surface area contributed by atoms with Crippen molar-refractivity contribution in [2.45, 2.75) is 25.6 Å². The van der Waals surface area contributed by atoms with E-state index in [1.165, 1.54) is 6.07 Å². The Morgan fingerprint density at radius 2 is 2.05 bits per heavy atom. The summed E-state index contributed by atoms with van der Waals surface area (Å²) in [5.74, 6) is -0.131. The molecule has 0 bridgehead atoms. The van der Waals surface area contributed by atoms with Gasteiger partial charge in [0.2, 0.25) is 0 Å². The van der Waals surface area contributed by atoms with E-state index in [-0.39, 0.29) is 17.7 Å². The molecule has 0 saturated heterocycles. The molecular formula is C14H15F3N2O2S. The fraction of sp³-hybridized carbons (Fsp3) is 0.500. The van der Waals surface area contributed by atoms with E-state index >= 15 is 0 Å². The van der Waals surface area contributed by atoms with Crippen molar-refractivity contribution in [1.29, 1.82) is 5.26 Å².